The molecule has 1 heterocycles. The molecular weight excluding hydrogens is 222 g/mol. The highest BCUT2D eigenvalue weighted by Crippen LogP contribution is 2.18. The molecule has 0 atom stereocenters. The Balaban J connectivity index is 0.000000280. The molecule has 0 saturated carbocycles. The van der Waals surface area contributed by atoms with Crippen LogP contribution in [0.3, 0.4) is 0 Å². The lowest BCUT2D eigenvalue weighted by atomic mass is 10.2. The highest BCUT2D eigenvalue weighted by atomic mass is 16.1. The van der Waals surface area contributed by atoms with Crippen LogP contribution in [0.5, 0.6) is 0 Å². The van der Waals surface area contributed by atoms with E-state index in [9.17, 15) is 4.79 Å². The molecule has 1 saturated heterocycles. The molecule has 0 amide bonds. The largest absolute Gasteiger partial charge is 0.372 e. The smallest absolute Gasteiger partial charge is 0.129 e. The molecule has 2 rings (SSSR count). The van der Waals surface area contributed by atoms with Gasteiger partial charge in [-0.1, -0.05) is 38.0 Å². The van der Waals surface area contributed by atoms with Gasteiger partial charge in [-0.2, -0.15) is 0 Å². The highest BCUT2D eigenvalue weighted by molar-refractivity contribution is 5.74. The number of nitrogens with zero attached hydrogens (tertiary/aromatic N) is 1. The zero-order chi connectivity index (χ0) is 13.2. The van der Waals surface area contributed by atoms with Gasteiger partial charge in [0.25, 0.3) is 0 Å². The Morgan fingerprint density at radius 3 is 2.00 bits per heavy atom. The molecule has 2 heteroatoms. The number of benzene rings is 1. The van der Waals surface area contributed by atoms with E-state index in [0.29, 0.717) is 6.42 Å². The minimum atomic E-state index is 0.255. The molecule has 1 aliphatic rings. The van der Waals surface area contributed by atoms with Crippen molar-refractivity contribution >= 4 is 11.5 Å². The van der Waals surface area contributed by atoms with E-state index >= 15 is 0 Å². The Bertz CT molecular complexity index is 326. The summed E-state index contributed by atoms with van der Waals surface area (Å²) in [6, 6.07) is 10.8. The molecule has 0 aromatic heterocycles. The van der Waals surface area contributed by atoms with Crippen LogP contribution in [-0.4, -0.2) is 18.9 Å². The van der Waals surface area contributed by atoms with Gasteiger partial charge in [-0.15, -0.1) is 0 Å². The van der Waals surface area contributed by atoms with Crippen LogP contribution in [0, 0.1) is 0 Å². The summed E-state index contributed by atoms with van der Waals surface area (Å²) in [4.78, 5) is 12.3. The molecule has 1 aromatic carbocycles. The van der Waals surface area contributed by atoms with E-state index in [0.717, 1.165) is 0 Å². The summed E-state index contributed by atoms with van der Waals surface area (Å²) in [5, 5.41) is 0. The van der Waals surface area contributed by atoms with Gasteiger partial charge >= 0.3 is 0 Å². The van der Waals surface area contributed by atoms with E-state index < -0.39 is 0 Å². The van der Waals surface area contributed by atoms with E-state index in [-0.39, 0.29) is 5.78 Å². The Morgan fingerprint density at radius 2 is 1.56 bits per heavy atom. The second-order valence-electron chi connectivity index (χ2n) is 4.79. The lowest BCUT2D eigenvalue weighted by Gasteiger charge is -2.22. The molecule has 1 fully saturated rings. The first-order chi connectivity index (χ1) is 8.74. The molecule has 0 bridgehead atoms. The standard InChI is InChI=1S/C12H17N.C4H8O/c1-2-7-11-13(10-6-1)12-8-4-3-5-9-12;1-3-4(2)5/h3-5,8-9H,1-2,6-7,10-11H2;3H2,1-2H3. The summed E-state index contributed by atoms with van der Waals surface area (Å²) in [7, 11) is 0. The first-order valence-electron chi connectivity index (χ1n) is 7.03. The van der Waals surface area contributed by atoms with Crippen LogP contribution in [0.15, 0.2) is 30.3 Å². The van der Waals surface area contributed by atoms with Gasteiger partial charge in [0, 0.05) is 25.2 Å². The fourth-order valence-corrected chi connectivity index (χ4v) is 1.97. The van der Waals surface area contributed by atoms with E-state index in [1.54, 1.807) is 6.92 Å². The van der Waals surface area contributed by atoms with Crippen LogP contribution in [0.4, 0.5) is 5.69 Å². The number of hydrogen-bond donors (Lipinski definition) is 0. The van der Waals surface area contributed by atoms with Crippen molar-refractivity contribution in [2.45, 2.75) is 46.0 Å². The van der Waals surface area contributed by atoms with E-state index in [4.69, 9.17) is 0 Å². The van der Waals surface area contributed by atoms with E-state index in [1.165, 1.54) is 44.5 Å². The first kappa shape index (κ1) is 14.7. The van der Waals surface area contributed by atoms with Crippen molar-refractivity contribution in [2.24, 2.45) is 0 Å². The van der Waals surface area contributed by atoms with Crippen LogP contribution in [0.25, 0.3) is 0 Å². The van der Waals surface area contributed by atoms with Crippen molar-refractivity contribution in [1.29, 1.82) is 0 Å². The summed E-state index contributed by atoms with van der Waals surface area (Å²) in [6.45, 7) is 5.91. The van der Waals surface area contributed by atoms with Crippen molar-refractivity contribution in [2.75, 3.05) is 18.0 Å². The fraction of sp³-hybridized carbons (Fsp3) is 0.562. The Kier molecular flexibility index (Phi) is 7.16. The topological polar surface area (TPSA) is 20.3 Å². The molecular formula is C16H25NO. The maximum absolute atomic E-state index is 9.81. The number of rotatable bonds is 2. The molecule has 0 spiro atoms. The number of ketones is 1. The number of anilines is 1. The summed E-state index contributed by atoms with van der Waals surface area (Å²) in [5.74, 6) is 0.255. The van der Waals surface area contributed by atoms with Crippen LogP contribution in [-0.2, 0) is 4.79 Å². The van der Waals surface area contributed by atoms with E-state index in [2.05, 4.69) is 35.2 Å². The van der Waals surface area contributed by atoms with Gasteiger partial charge in [0.2, 0.25) is 0 Å². The molecule has 0 radical (unpaired) electrons. The van der Waals surface area contributed by atoms with Crippen molar-refractivity contribution in [3.8, 4) is 0 Å². The number of carbonyl (C=O) groups excluding carboxylic acids is 1. The highest BCUT2D eigenvalue weighted by Gasteiger charge is 2.08. The zero-order valence-electron chi connectivity index (χ0n) is 11.7. The van der Waals surface area contributed by atoms with Crippen LogP contribution in [0.1, 0.15) is 46.0 Å². The van der Waals surface area contributed by atoms with Crippen LogP contribution >= 0.6 is 0 Å². The Morgan fingerprint density at radius 1 is 1.06 bits per heavy atom. The normalized spacial score (nSPS) is 15.3. The van der Waals surface area contributed by atoms with Crippen molar-refractivity contribution in [1.82, 2.24) is 0 Å². The van der Waals surface area contributed by atoms with Crippen molar-refractivity contribution < 1.29 is 4.79 Å². The number of Topliss-reactive ketones (excluding diaryl/α,β-unsaturated/α-hetero) is 1. The summed E-state index contributed by atoms with van der Waals surface area (Å²) in [5.41, 5.74) is 1.39. The van der Waals surface area contributed by atoms with Gasteiger partial charge in [-0.25, -0.2) is 0 Å². The molecule has 1 aliphatic heterocycles. The molecule has 0 N–H and O–H groups in total. The number of para-hydroxylation sites is 1. The number of carbonyl (C=O) groups is 1. The maximum Gasteiger partial charge on any atom is 0.129 e. The Labute approximate surface area is 111 Å². The third-order valence-corrected chi connectivity index (χ3v) is 3.23. The van der Waals surface area contributed by atoms with Gasteiger partial charge in [0.05, 0.1) is 0 Å². The summed E-state index contributed by atoms with van der Waals surface area (Å²) >= 11 is 0. The summed E-state index contributed by atoms with van der Waals surface area (Å²) in [6.07, 6.45) is 6.19. The van der Waals surface area contributed by atoms with Gasteiger partial charge in [0.15, 0.2) is 0 Å². The van der Waals surface area contributed by atoms with Crippen molar-refractivity contribution in [3.05, 3.63) is 30.3 Å². The monoisotopic (exact) mass is 247 g/mol. The molecule has 100 valence electrons. The first-order valence-corrected chi connectivity index (χ1v) is 7.03. The molecule has 0 unspecified atom stereocenters. The quantitative estimate of drug-likeness (QED) is 0.785. The maximum atomic E-state index is 9.81. The lowest BCUT2D eigenvalue weighted by molar-refractivity contribution is -0.116. The zero-order valence-corrected chi connectivity index (χ0v) is 11.7. The molecule has 1 aromatic rings. The third kappa shape index (κ3) is 5.85. The van der Waals surface area contributed by atoms with Crippen molar-refractivity contribution in [3.63, 3.8) is 0 Å². The third-order valence-electron chi connectivity index (χ3n) is 3.23. The van der Waals surface area contributed by atoms with E-state index in [1.807, 2.05) is 6.92 Å². The second-order valence-corrected chi connectivity index (χ2v) is 4.79. The Hall–Kier alpha value is -1.31. The summed E-state index contributed by atoms with van der Waals surface area (Å²) < 4.78 is 0. The van der Waals surface area contributed by atoms with Crippen LogP contribution in [0.2, 0.25) is 0 Å². The minimum absolute atomic E-state index is 0.255. The second kappa shape index (κ2) is 8.73. The SMILES string of the molecule is CCC(C)=O.c1ccc(N2CCCCCC2)cc1. The molecule has 2 nitrogen and oxygen atoms in total. The predicted octanol–water partition coefficient (Wildman–Crippen LogP) is 4.05. The lowest BCUT2D eigenvalue weighted by Crippen LogP contribution is -2.23. The minimum Gasteiger partial charge on any atom is -0.372 e. The molecule has 18 heavy (non-hydrogen) atoms. The van der Waals surface area contributed by atoms with Crippen LogP contribution < -0.4 is 4.90 Å². The average Bonchev–Trinajstić information content (AvgIpc) is 2.69. The number of hydrogen-bond acceptors (Lipinski definition) is 2. The molecule has 0 aliphatic carbocycles. The van der Waals surface area contributed by atoms with Gasteiger partial charge < -0.3 is 9.69 Å². The van der Waals surface area contributed by atoms with Gasteiger partial charge in [0.1, 0.15) is 5.78 Å². The van der Waals surface area contributed by atoms with Gasteiger partial charge in [-0.05, 0) is 31.9 Å². The predicted molar refractivity (Wildman–Crippen MR) is 78.1 cm³/mol. The fourth-order valence-electron chi connectivity index (χ4n) is 1.97. The van der Waals surface area contributed by atoms with Gasteiger partial charge in [-0.3, -0.25) is 0 Å². The average molecular weight is 247 g/mol.